The number of rotatable bonds is 4. The van der Waals surface area contributed by atoms with Gasteiger partial charge in [0.25, 0.3) is 5.91 Å². The van der Waals surface area contributed by atoms with Gasteiger partial charge < -0.3 is 10.6 Å². The summed E-state index contributed by atoms with van der Waals surface area (Å²) in [7, 11) is 0. The third kappa shape index (κ3) is 4.71. The van der Waals surface area contributed by atoms with Crippen molar-refractivity contribution in [1.82, 2.24) is 0 Å². The van der Waals surface area contributed by atoms with Crippen LogP contribution < -0.4 is 10.6 Å². The van der Waals surface area contributed by atoms with Gasteiger partial charge in [0, 0.05) is 16.9 Å². The first-order valence-electron chi connectivity index (χ1n) is 6.38. The Bertz CT molecular complexity index is 815. The third-order valence-corrected chi connectivity index (χ3v) is 3.30. The van der Waals surface area contributed by atoms with E-state index >= 15 is 0 Å². The second-order valence-corrected chi connectivity index (χ2v) is 5.25. The summed E-state index contributed by atoms with van der Waals surface area (Å²) in [5.41, 5.74) is 0.545. The van der Waals surface area contributed by atoms with Crippen LogP contribution in [0.4, 0.5) is 15.8 Å². The molecule has 0 aliphatic carbocycles. The molecule has 0 aliphatic heterocycles. The van der Waals surface area contributed by atoms with Crippen molar-refractivity contribution in [2.75, 3.05) is 10.6 Å². The summed E-state index contributed by atoms with van der Waals surface area (Å²) in [4.78, 5) is 12.1. The van der Waals surface area contributed by atoms with Gasteiger partial charge in [0.05, 0.1) is 10.7 Å². The number of carbonyl (C=O) groups excluding carboxylic acids is 1. The maximum atomic E-state index is 13.1. The summed E-state index contributed by atoms with van der Waals surface area (Å²) in [5.74, 6) is -1.08. The zero-order valence-electron chi connectivity index (χ0n) is 11.6. The molecule has 7 heteroatoms. The molecule has 0 bridgehead atoms. The second-order valence-electron chi connectivity index (χ2n) is 4.40. The van der Waals surface area contributed by atoms with Gasteiger partial charge in [0.2, 0.25) is 0 Å². The Labute approximate surface area is 142 Å². The molecular weight excluding hydrogens is 340 g/mol. The first-order valence-corrected chi connectivity index (χ1v) is 7.14. The first-order chi connectivity index (χ1) is 11.0. The topological polar surface area (TPSA) is 64.9 Å². The monoisotopic (exact) mass is 349 g/mol. The van der Waals surface area contributed by atoms with Crippen LogP contribution in [-0.2, 0) is 4.79 Å². The quantitative estimate of drug-likeness (QED) is 0.626. The van der Waals surface area contributed by atoms with E-state index in [4.69, 9.17) is 28.5 Å². The highest BCUT2D eigenvalue weighted by molar-refractivity contribution is 6.36. The number of nitrogens with one attached hydrogen (secondary N) is 2. The number of benzene rings is 2. The third-order valence-electron chi connectivity index (χ3n) is 2.75. The first kappa shape index (κ1) is 16.8. The van der Waals surface area contributed by atoms with Crippen molar-refractivity contribution in [2.45, 2.75) is 0 Å². The number of hydrogen-bond donors (Lipinski definition) is 2. The van der Waals surface area contributed by atoms with Gasteiger partial charge in [0.1, 0.15) is 17.5 Å². The fourth-order valence-electron chi connectivity index (χ4n) is 1.66. The molecule has 1 amide bonds. The summed E-state index contributed by atoms with van der Waals surface area (Å²) in [5, 5.41) is 14.9. The van der Waals surface area contributed by atoms with E-state index in [0.29, 0.717) is 16.4 Å². The van der Waals surface area contributed by atoms with Gasteiger partial charge in [-0.1, -0.05) is 29.3 Å². The highest BCUT2D eigenvalue weighted by Gasteiger charge is 2.11. The molecule has 4 nitrogen and oxygen atoms in total. The van der Waals surface area contributed by atoms with Gasteiger partial charge in [-0.2, -0.15) is 5.26 Å². The predicted molar refractivity (Wildman–Crippen MR) is 88.8 cm³/mol. The Morgan fingerprint density at radius 2 is 2.00 bits per heavy atom. The number of amides is 1. The van der Waals surface area contributed by atoms with E-state index in [0.717, 1.165) is 0 Å². The van der Waals surface area contributed by atoms with Crippen LogP contribution in [0.5, 0.6) is 0 Å². The zero-order valence-corrected chi connectivity index (χ0v) is 13.1. The van der Waals surface area contributed by atoms with Crippen LogP contribution in [0, 0.1) is 17.1 Å². The van der Waals surface area contributed by atoms with E-state index < -0.39 is 11.7 Å². The van der Waals surface area contributed by atoms with E-state index in [1.54, 1.807) is 18.2 Å². The Balaban J connectivity index is 2.12. The van der Waals surface area contributed by atoms with Crippen molar-refractivity contribution in [1.29, 1.82) is 5.26 Å². The van der Waals surface area contributed by atoms with Crippen LogP contribution in [0.2, 0.25) is 10.0 Å². The molecule has 0 saturated heterocycles. The number of nitriles is 1. The summed E-state index contributed by atoms with van der Waals surface area (Å²) < 4.78 is 13.1. The second kappa shape index (κ2) is 7.63. The molecule has 2 aromatic rings. The van der Waals surface area contributed by atoms with Gasteiger partial charge in [-0.15, -0.1) is 0 Å². The molecule has 0 heterocycles. The van der Waals surface area contributed by atoms with Gasteiger partial charge in [-0.3, -0.25) is 4.79 Å². The Morgan fingerprint density at radius 3 is 2.65 bits per heavy atom. The predicted octanol–water partition coefficient (Wildman–Crippen LogP) is 4.59. The molecule has 0 spiro atoms. The summed E-state index contributed by atoms with van der Waals surface area (Å²) in [6.07, 6.45) is 1.19. The normalized spacial score (nSPS) is 10.8. The molecule has 2 N–H and O–H groups in total. The van der Waals surface area contributed by atoms with Gasteiger partial charge in [-0.05, 0) is 36.4 Å². The largest absolute Gasteiger partial charge is 0.360 e. The molecule has 2 rings (SSSR count). The van der Waals surface area contributed by atoms with Crippen LogP contribution in [0.25, 0.3) is 0 Å². The summed E-state index contributed by atoms with van der Waals surface area (Å²) in [6.45, 7) is 0. The number of carbonyl (C=O) groups is 1. The average Bonchev–Trinajstić information content (AvgIpc) is 2.51. The van der Waals surface area contributed by atoms with E-state index in [1.165, 1.54) is 36.5 Å². The Kier molecular flexibility index (Phi) is 5.58. The van der Waals surface area contributed by atoms with Crippen molar-refractivity contribution in [2.24, 2.45) is 0 Å². The SMILES string of the molecule is N#C/C(=C/Nc1cccc(F)c1)C(=O)Nc1ccc(Cl)cc1Cl. The minimum atomic E-state index is -0.652. The highest BCUT2D eigenvalue weighted by atomic mass is 35.5. The van der Waals surface area contributed by atoms with E-state index in [1.807, 2.05) is 0 Å². The molecule has 0 radical (unpaired) electrons. The minimum absolute atomic E-state index is 0.194. The molecule has 0 unspecified atom stereocenters. The van der Waals surface area contributed by atoms with Crippen molar-refractivity contribution in [3.8, 4) is 6.07 Å². The highest BCUT2D eigenvalue weighted by Crippen LogP contribution is 2.25. The number of halogens is 3. The van der Waals surface area contributed by atoms with Gasteiger partial charge in [-0.25, -0.2) is 4.39 Å². The molecule has 0 fully saturated rings. The molecule has 116 valence electrons. The standard InChI is InChI=1S/C16H10Cl2FN3O/c17-11-4-5-15(14(18)6-11)22-16(23)10(8-20)9-21-13-3-1-2-12(19)7-13/h1-7,9,21H,(H,22,23)/b10-9-. The van der Waals surface area contributed by atoms with Gasteiger partial charge >= 0.3 is 0 Å². The fourth-order valence-corrected chi connectivity index (χ4v) is 2.12. The number of hydrogen-bond acceptors (Lipinski definition) is 3. The zero-order chi connectivity index (χ0) is 16.8. The smallest absolute Gasteiger partial charge is 0.267 e. The summed E-state index contributed by atoms with van der Waals surface area (Å²) >= 11 is 11.7. The van der Waals surface area contributed by atoms with Crippen LogP contribution in [-0.4, -0.2) is 5.91 Å². The van der Waals surface area contributed by atoms with Crippen LogP contribution in [0.1, 0.15) is 0 Å². The Morgan fingerprint density at radius 1 is 1.22 bits per heavy atom. The molecule has 0 saturated carbocycles. The molecule has 0 atom stereocenters. The lowest BCUT2D eigenvalue weighted by Gasteiger charge is -2.07. The van der Waals surface area contributed by atoms with Crippen molar-refractivity contribution in [3.63, 3.8) is 0 Å². The van der Waals surface area contributed by atoms with E-state index in [2.05, 4.69) is 10.6 Å². The van der Waals surface area contributed by atoms with Crippen molar-refractivity contribution < 1.29 is 9.18 Å². The molecular formula is C16H10Cl2FN3O. The van der Waals surface area contributed by atoms with E-state index in [-0.39, 0.29) is 10.6 Å². The average molecular weight is 350 g/mol. The van der Waals surface area contributed by atoms with Crippen molar-refractivity contribution >= 4 is 40.5 Å². The van der Waals surface area contributed by atoms with Gasteiger partial charge in [0.15, 0.2) is 0 Å². The minimum Gasteiger partial charge on any atom is -0.360 e. The van der Waals surface area contributed by atoms with Crippen LogP contribution in [0.3, 0.4) is 0 Å². The summed E-state index contributed by atoms with van der Waals surface area (Å²) in [6, 6.07) is 11.9. The van der Waals surface area contributed by atoms with Crippen LogP contribution in [0.15, 0.2) is 54.2 Å². The lowest BCUT2D eigenvalue weighted by atomic mass is 10.2. The number of nitrogens with zero attached hydrogens (tertiary/aromatic N) is 1. The lowest BCUT2D eigenvalue weighted by molar-refractivity contribution is -0.112. The number of anilines is 2. The Hall–Kier alpha value is -2.55. The molecule has 23 heavy (non-hydrogen) atoms. The molecule has 0 aromatic heterocycles. The molecule has 0 aliphatic rings. The maximum Gasteiger partial charge on any atom is 0.267 e. The van der Waals surface area contributed by atoms with Crippen LogP contribution >= 0.6 is 23.2 Å². The lowest BCUT2D eigenvalue weighted by Crippen LogP contribution is -2.14. The van der Waals surface area contributed by atoms with Crippen molar-refractivity contribution in [3.05, 3.63) is 70.1 Å². The maximum absolute atomic E-state index is 13.1. The molecule has 2 aromatic carbocycles. The van der Waals surface area contributed by atoms with E-state index in [9.17, 15) is 9.18 Å². The fraction of sp³-hybridized carbons (Fsp3) is 0.